The van der Waals surface area contributed by atoms with E-state index in [2.05, 4.69) is 180 Å². The minimum absolute atomic E-state index is 0.135. The molecule has 3 heterocycles. The summed E-state index contributed by atoms with van der Waals surface area (Å²) in [4.78, 5) is 7.58. The maximum absolute atomic E-state index is 5.38. The van der Waals surface area contributed by atoms with Crippen molar-refractivity contribution in [2.75, 3.05) is 10.2 Å². The van der Waals surface area contributed by atoms with E-state index in [0.717, 1.165) is 45.2 Å². The lowest BCUT2D eigenvalue weighted by Crippen LogP contribution is -2.19. The molecule has 2 aliphatic rings. The summed E-state index contributed by atoms with van der Waals surface area (Å²) in [6.45, 7) is 5.15. The molecule has 0 fully saturated rings. The molecule has 0 saturated heterocycles. The number of para-hydroxylation sites is 2. The van der Waals surface area contributed by atoms with E-state index in [1.807, 2.05) is 4.68 Å². The molecule has 6 heteroatoms. The zero-order chi connectivity index (χ0) is 33.4. The Bertz CT molecular complexity index is 2560. The molecule has 0 amide bonds. The molecule has 1 N–H and O–H groups in total. The van der Waals surface area contributed by atoms with Crippen LogP contribution in [0.4, 0.5) is 23.1 Å². The lowest BCUT2D eigenvalue weighted by atomic mass is 9.82. The van der Waals surface area contributed by atoms with Crippen LogP contribution in [-0.4, -0.2) is 19.3 Å². The Morgan fingerprint density at radius 1 is 0.640 bits per heavy atom. The second-order valence-corrected chi connectivity index (χ2v) is 13.6. The topological polar surface area (TPSA) is 50.9 Å². The Kier molecular flexibility index (Phi) is 6.18. The second kappa shape index (κ2) is 10.8. The summed E-state index contributed by atoms with van der Waals surface area (Å²) >= 11 is 0. The fraction of sp³-hybridized carbons (Fsp3) is 0.0909. The van der Waals surface area contributed by atoms with E-state index >= 15 is 0 Å². The van der Waals surface area contributed by atoms with Gasteiger partial charge in [-0.2, -0.15) is 4.98 Å². The molecular weight excluding hydrogens is 613 g/mol. The summed E-state index contributed by atoms with van der Waals surface area (Å²) in [7, 11) is 0. The number of hydrogen-bond donors (Lipinski definition) is 1. The van der Waals surface area contributed by atoms with Gasteiger partial charge in [0.15, 0.2) is 5.82 Å². The Balaban J connectivity index is 1.15. The standard InChI is InChI=1S/C44H34N6/c1-44(2)37-19-11-9-17-34(37)35-26-25-33(27-38(35)44)49(32-23-21-30(22-24-32)29-13-5-3-6-14-29)43-46-42-40-36-18-10-12-20-39(36)50(31-15-7-4-8-16-31)41(40)45-28-48(42)47-43/h3-27,45H,28H2,1-2H3. The first-order valence-corrected chi connectivity index (χ1v) is 17.1. The molecule has 0 spiro atoms. The molecule has 0 saturated carbocycles. The van der Waals surface area contributed by atoms with Gasteiger partial charge in [-0.25, -0.2) is 4.68 Å². The molecule has 50 heavy (non-hydrogen) atoms. The quantitative estimate of drug-likeness (QED) is 0.202. The number of fused-ring (bicyclic) bond motifs is 8. The van der Waals surface area contributed by atoms with Gasteiger partial charge in [-0.1, -0.05) is 123 Å². The van der Waals surface area contributed by atoms with E-state index in [0.29, 0.717) is 12.6 Å². The van der Waals surface area contributed by atoms with Crippen LogP contribution >= 0.6 is 0 Å². The molecule has 240 valence electrons. The summed E-state index contributed by atoms with van der Waals surface area (Å²) in [6, 6.07) is 53.9. The maximum Gasteiger partial charge on any atom is 0.254 e. The Morgan fingerprint density at radius 2 is 1.30 bits per heavy atom. The van der Waals surface area contributed by atoms with Crippen molar-refractivity contribution in [3.8, 4) is 39.3 Å². The van der Waals surface area contributed by atoms with Gasteiger partial charge >= 0.3 is 0 Å². The predicted octanol–water partition coefficient (Wildman–Crippen LogP) is 10.7. The first kappa shape index (κ1) is 28.6. The summed E-state index contributed by atoms with van der Waals surface area (Å²) in [5, 5.41) is 10.0. The zero-order valence-electron chi connectivity index (χ0n) is 27.9. The molecule has 0 unspecified atom stereocenters. The lowest BCUT2D eigenvalue weighted by molar-refractivity contribution is 0.659. The van der Waals surface area contributed by atoms with Crippen molar-refractivity contribution < 1.29 is 0 Å². The van der Waals surface area contributed by atoms with Gasteiger partial charge in [-0.15, -0.1) is 5.10 Å². The van der Waals surface area contributed by atoms with Gasteiger partial charge in [-0.05, 0) is 75.8 Å². The Hall–Kier alpha value is -6.40. The molecule has 1 aliphatic heterocycles. The maximum atomic E-state index is 5.38. The van der Waals surface area contributed by atoms with Crippen LogP contribution in [-0.2, 0) is 12.1 Å². The Morgan fingerprint density at radius 3 is 2.12 bits per heavy atom. The third kappa shape index (κ3) is 4.21. The predicted molar refractivity (Wildman–Crippen MR) is 204 cm³/mol. The molecule has 0 bridgehead atoms. The highest BCUT2D eigenvalue weighted by molar-refractivity contribution is 6.03. The van der Waals surface area contributed by atoms with Gasteiger partial charge in [0.2, 0.25) is 0 Å². The van der Waals surface area contributed by atoms with Crippen LogP contribution in [0, 0.1) is 0 Å². The van der Waals surface area contributed by atoms with Crippen LogP contribution in [0.2, 0.25) is 0 Å². The van der Waals surface area contributed by atoms with Crippen LogP contribution in [0.1, 0.15) is 25.0 Å². The number of aromatic nitrogens is 4. The van der Waals surface area contributed by atoms with Crippen molar-refractivity contribution in [1.82, 2.24) is 19.3 Å². The average molecular weight is 647 g/mol. The number of rotatable bonds is 5. The van der Waals surface area contributed by atoms with Crippen LogP contribution in [0.15, 0.2) is 152 Å². The fourth-order valence-corrected chi connectivity index (χ4v) is 7.99. The monoisotopic (exact) mass is 646 g/mol. The summed E-state index contributed by atoms with van der Waals surface area (Å²) in [5.41, 5.74) is 12.8. The van der Waals surface area contributed by atoms with Gasteiger partial charge in [0, 0.05) is 27.9 Å². The number of nitrogens with one attached hydrogen (secondary N) is 1. The molecule has 0 radical (unpaired) electrons. The van der Waals surface area contributed by atoms with Crippen molar-refractivity contribution >= 4 is 34.0 Å². The van der Waals surface area contributed by atoms with Crippen LogP contribution in [0.25, 0.3) is 50.2 Å². The molecule has 6 aromatic carbocycles. The molecule has 0 atom stereocenters. The first-order chi connectivity index (χ1) is 24.6. The third-order valence-electron chi connectivity index (χ3n) is 10.4. The van der Waals surface area contributed by atoms with E-state index in [1.54, 1.807) is 0 Å². The number of benzene rings is 6. The van der Waals surface area contributed by atoms with Gasteiger partial charge < -0.3 is 5.32 Å². The van der Waals surface area contributed by atoms with Crippen LogP contribution < -0.4 is 10.2 Å². The zero-order valence-corrected chi connectivity index (χ0v) is 27.9. The number of nitrogens with zero attached hydrogens (tertiary/aromatic N) is 5. The van der Waals surface area contributed by atoms with E-state index < -0.39 is 0 Å². The van der Waals surface area contributed by atoms with Gasteiger partial charge in [0.05, 0.1) is 11.1 Å². The minimum Gasteiger partial charge on any atom is -0.351 e. The largest absolute Gasteiger partial charge is 0.351 e. The highest BCUT2D eigenvalue weighted by Gasteiger charge is 2.36. The number of hydrogen-bond acceptors (Lipinski definition) is 4. The van der Waals surface area contributed by atoms with Gasteiger partial charge in [0.1, 0.15) is 12.5 Å². The van der Waals surface area contributed by atoms with E-state index in [9.17, 15) is 0 Å². The normalized spacial score (nSPS) is 13.6. The van der Waals surface area contributed by atoms with Crippen LogP contribution in [0.3, 0.4) is 0 Å². The molecule has 2 aromatic heterocycles. The summed E-state index contributed by atoms with van der Waals surface area (Å²) < 4.78 is 4.29. The highest BCUT2D eigenvalue weighted by atomic mass is 15.5. The molecule has 10 rings (SSSR count). The Labute approximate surface area is 290 Å². The second-order valence-electron chi connectivity index (χ2n) is 13.6. The first-order valence-electron chi connectivity index (χ1n) is 17.1. The SMILES string of the molecule is CC1(C)c2ccccc2-c2ccc(N(c3ccc(-c4ccccc4)cc3)c3nc4n(n3)CNc3c-4c4ccccc4n3-c3ccccc3)cc21. The van der Waals surface area contributed by atoms with Crippen molar-refractivity contribution in [3.63, 3.8) is 0 Å². The van der Waals surface area contributed by atoms with E-state index in [4.69, 9.17) is 10.1 Å². The van der Waals surface area contributed by atoms with E-state index in [-0.39, 0.29) is 5.41 Å². The average Bonchev–Trinajstić information content (AvgIpc) is 3.81. The fourth-order valence-electron chi connectivity index (χ4n) is 7.99. The van der Waals surface area contributed by atoms with Crippen LogP contribution in [0.5, 0.6) is 0 Å². The van der Waals surface area contributed by atoms with Crippen molar-refractivity contribution in [3.05, 3.63) is 163 Å². The molecule has 1 aliphatic carbocycles. The lowest BCUT2D eigenvalue weighted by Gasteiger charge is -2.26. The van der Waals surface area contributed by atoms with E-state index in [1.165, 1.54) is 33.4 Å². The number of anilines is 4. The van der Waals surface area contributed by atoms with Gasteiger partial charge in [-0.3, -0.25) is 9.47 Å². The molecular formula is C44H34N6. The smallest absolute Gasteiger partial charge is 0.254 e. The summed E-state index contributed by atoms with van der Waals surface area (Å²) in [5.74, 6) is 2.51. The van der Waals surface area contributed by atoms with Gasteiger partial charge in [0.25, 0.3) is 5.95 Å². The molecule has 6 nitrogen and oxygen atoms in total. The summed E-state index contributed by atoms with van der Waals surface area (Å²) in [6.07, 6.45) is 0. The van der Waals surface area contributed by atoms with Crippen molar-refractivity contribution in [1.29, 1.82) is 0 Å². The van der Waals surface area contributed by atoms with Crippen molar-refractivity contribution in [2.45, 2.75) is 25.9 Å². The van der Waals surface area contributed by atoms with Crippen molar-refractivity contribution in [2.24, 2.45) is 0 Å². The minimum atomic E-state index is -0.135. The third-order valence-corrected chi connectivity index (χ3v) is 10.4. The highest BCUT2D eigenvalue weighted by Crippen LogP contribution is 2.51. The molecule has 8 aromatic rings.